The Hall–Kier alpha value is -1.06. The first-order chi connectivity index (χ1) is 9.49. The topological polar surface area (TPSA) is 38.5 Å². The summed E-state index contributed by atoms with van der Waals surface area (Å²) < 4.78 is 6.41. The van der Waals surface area contributed by atoms with E-state index in [1.54, 1.807) is 0 Å². The predicted octanol–water partition coefficient (Wildman–Crippen LogP) is 3.02. The van der Waals surface area contributed by atoms with Gasteiger partial charge in [0.25, 0.3) is 0 Å². The van der Waals surface area contributed by atoms with Crippen LogP contribution in [0.4, 0.5) is 0 Å². The summed E-state index contributed by atoms with van der Waals surface area (Å²) in [6, 6.07) is 7.13. The quantitative estimate of drug-likeness (QED) is 0.855. The van der Waals surface area contributed by atoms with Gasteiger partial charge in [0.2, 0.25) is 0 Å². The van der Waals surface area contributed by atoms with Crippen LogP contribution in [-0.4, -0.2) is 29.6 Å². The fraction of sp³-hybridized carbons (Fsp3) is 0.647. The van der Waals surface area contributed by atoms with Crippen molar-refractivity contribution in [2.45, 2.75) is 57.7 Å². The van der Waals surface area contributed by atoms with Gasteiger partial charge in [-0.2, -0.15) is 0 Å². The number of hydrogen-bond donors (Lipinski definition) is 1. The zero-order valence-electron chi connectivity index (χ0n) is 12.9. The van der Waals surface area contributed by atoms with E-state index in [0.717, 1.165) is 38.1 Å². The van der Waals surface area contributed by atoms with Gasteiger partial charge in [-0.3, -0.25) is 0 Å². The van der Waals surface area contributed by atoms with Gasteiger partial charge in [-0.05, 0) is 39.7 Å². The second-order valence-corrected chi connectivity index (χ2v) is 6.77. The molecule has 1 aromatic rings. The molecule has 0 unspecified atom stereocenters. The summed E-state index contributed by atoms with van der Waals surface area (Å²) >= 11 is 0. The summed E-state index contributed by atoms with van der Waals surface area (Å²) in [5, 5.41) is 0. The molecule has 1 fully saturated rings. The van der Waals surface area contributed by atoms with Gasteiger partial charge in [0.15, 0.2) is 0 Å². The van der Waals surface area contributed by atoms with Crippen molar-refractivity contribution in [3.63, 3.8) is 0 Å². The van der Waals surface area contributed by atoms with Crippen LogP contribution in [0.15, 0.2) is 18.2 Å². The molecule has 2 aliphatic rings. The van der Waals surface area contributed by atoms with E-state index in [-0.39, 0.29) is 11.6 Å². The van der Waals surface area contributed by atoms with Crippen molar-refractivity contribution in [1.82, 2.24) is 4.90 Å². The minimum Gasteiger partial charge on any atom is -0.487 e. The zero-order chi connectivity index (χ0) is 14.3. The molecule has 3 nitrogen and oxygen atoms in total. The Morgan fingerprint density at radius 1 is 1.30 bits per heavy atom. The van der Waals surface area contributed by atoms with E-state index in [1.165, 1.54) is 11.1 Å². The first-order valence-corrected chi connectivity index (χ1v) is 7.78. The van der Waals surface area contributed by atoms with Crippen molar-refractivity contribution in [2.24, 2.45) is 5.73 Å². The molecule has 2 heterocycles. The molecule has 110 valence electrons. The first kappa shape index (κ1) is 13.9. The van der Waals surface area contributed by atoms with Crippen LogP contribution in [0.3, 0.4) is 0 Å². The molecule has 1 saturated heterocycles. The molecular weight excluding hydrogens is 248 g/mol. The predicted molar refractivity (Wildman–Crippen MR) is 82.0 cm³/mol. The highest BCUT2D eigenvalue weighted by atomic mass is 16.5. The summed E-state index contributed by atoms with van der Waals surface area (Å²) in [5.41, 5.74) is 8.83. The molecule has 0 amide bonds. The zero-order valence-corrected chi connectivity index (χ0v) is 12.9. The Balaban J connectivity index is 1.80. The lowest BCUT2D eigenvalue weighted by Gasteiger charge is -2.47. The number of nitrogens with zero attached hydrogens (tertiary/aromatic N) is 1. The highest BCUT2D eigenvalue weighted by molar-refractivity contribution is 5.41. The van der Waals surface area contributed by atoms with E-state index in [0.29, 0.717) is 6.04 Å². The van der Waals surface area contributed by atoms with E-state index >= 15 is 0 Å². The number of fused-ring (bicyclic) bond motifs is 1. The number of hydrogen-bond acceptors (Lipinski definition) is 3. The molecule has 1 spiro atoms. The smallest absolute Gasteiger partial charge is 0.124 e. The SMILES string of the molecule is Cc1ccc2c(c1)[C@@H](N)CC1(CCN(C(C)C)CC1)O2. The molecule has 0 aliphatic carbocycles. The van der Waals surface area contributed by atoms with Crippen molar-refractivity contribution in [3.05, 3.63) is 29.3 Å². The van der Waals surface area contributed by atoms with Crippen LogP contribution in [0, 0.1) is 6.92 Å². The summed E-state index contributed by atoms with van der Waals surface area (Å²) in [6.45, 7) is 8.88. The van der Waals surface area contributed by atoms with Gasteiger partial charge >= 0.3 is 0 Å². The third-order valence-electron chi connectivity index (χ3n) is 4.92. The Labute approximate surface area is 122 Å². The van der Waals surface area contributed by atoms with Crippen LogP contribution in [-0.2, 0) is 0 Å². The van der Waals surface area contributed by atoms with Gasteiger partial charge in [0, 0.05) is 37.2 Å². The number of piperidine rings is 1. The summed E-state index contributed by atoms with van der Waals surface area (Å²) in [7, 11) is 0. The maximum absolute atomic E-state index is 6.42. The minimum absolute atomic E-state index is 0.0347. The monoisotopic (exact) mass is 274 g/mol. The molecular formula is C17H26N2O. The summed E-state index contributed by atoms with van der Waals surface area (Å²) in [4.78, 5) is 2.53. The van der Waals surface area contributed by atoms with Crippen molar-refractivity contribution < 1.29 is 4.74 Å². The first-order valence-electron chi connectivity index (χ1n) is 7.78. The lowest BCUT2D eigenvalue weighted by Crippen LogP contribution is -2.52. The van der Waals surface area contributed by atoms with Crippen molar-refractivity contribution in [3.8, 4) is 5.75 Å². The maximum atomic E-state index is 6.42. The maximum Gasteiger partial charge on any atom is 0.124 e. The fourth-order valence-corrected chi connectivity index (χ4v) is 3.59. The third-order valence-corrected chi connectivity index (χ3v) is 4.92. The van der Waals surface area contributed by atoms with Gasteiger partial charge in [-0.1, -0.05) is 17.7 Å². The number of nitrogens with two attached hydrogens (primary N) is 1. The summed E-state index contributed by atoms with van der Waals surface area (Å²) in [5.74, 6) is 1.01. The second-order valence-electron chi connectivity index (χ2n) is 6.77. The standard InChI is InChI=1S/C17H26N2O/c1-12(2)19-8-6-17(7-9-19)11-15(18)14-10-13(3)4-5-16(14)20-17/h4-5,10,12,15H,6-9,11,18H2,1-3H3/t15-/m0/s1. The van der Waals surface area contributed by atoms with E-state index in [1.807, 2.05) is 0 Å². The Morgan fingerprint density at radius 3 is 2.65 bits per heavy atom. The average molecular weight is 274 g/mol. The second kappa shape index (κ2) is 5.05. The van der Waals surface area contributed by atoms with E-state index in [4.69, 9.17) is 10.5 Å². The van der Waals surface area contributed by atoms with Gasteiger partial charge in [0.1, 0.15) is 11.4 Å². The van der Waals surface area contributed by atoms with Crippen LogP contribution >= 0.6 is 0 Å². The van der Waals surface area contributed by atoms with E-state index in [2.05, 4.69) is 43.9 Å². The van der Waals surface area contributed by atoms with Crippen LogP contribution in [0.1, 0.15) is 50.3 Å². The third kappa shape index (κ3) is 2.45. The number of ether oxygens (including phenoxy) is 1. The molecule has 1 aromatic carbocycles. The Morgan fingerprint density at radius 2 is 2.00 bits per heavy atom. The van der Waals surface area contributed by atoms with Crippen molar-refractivity contribution in [2.75, 3.05) is 13.1 Å². The normalized spacial score (nSPS) is 25.6. The lowest BCUT2D eigenvalue weighted by atomic mass is 9.80. The van der Waals surface area contributed by atoms with Gasteiger partial charge in [-0.15, -0.1) is 0 Å². The molecule has 3 heteroatoms. The fourth-order valence-electron chi connectivity index (χ4n) is 3.59. The van der Waals surface area contributed by atoms with Crippen LogP contribution in [0.2, 0.25) is 0 Å². The number of aryl methyl sites for hydroxylation is 1. The lowest BCUT2D eigenvalue weighted by molar-refractivity contribution is -0.0279. The number of likely N-dealkylation sites (tertiary alicyclic amines) is 1. The molecule has 20 heavy (non-hydrogen) atoms. The molecule has 2 aliphatic heterocycles. The number of benzene rings is 1. The van der Waals surface area contributed by atoms with Gasteiger partial charge in [-0.25, -0.2) is 0 Å². The Bertz CT molecular complexity index is 490. The van der Waals surface area contributed by atoms with E-state index in [9.17, 15) is 0 Å². The average Bonchev–Trinajstić information content (AvgIpc) is 2.40. The molecule has 2 N–H and O–H groups in total. The molecule has 0 saturated carbocycles. The Kier molecular flexibility index (Phi) is 3.51. The van der Waals surface area contributed by atoms with Crippen molar-refractivity contribution in [1.29, 1.82) is 0 Å². The highest BCUT2D eigenvalue weighted by Gasteiger charge is 2.42. The minimum atomic E-state index is -0.0347. The van der Waals surface area contributed by atoms with E-state index < -0.39 is 0 Å². The highest BCUT2D eigenvalue weighted by Crippen LogP contribution is 2.43. The number of rotatable bonds is 1. The van der Waals surface area contributed by atoms with Crippen LogP contribution in [0.5, 0.6) is 5.75 Å². The van der Waals surface area contributed by atoms with Gasteiger partial charge in [0.05, 0.1) is 0 Å². The largest absolute Gasteiger partial charge is 0.487 e. The van der Waals surface area contributed by atoms with Crippen LogP contribution in [0.25, 0.3) is 0 Å². The summed E-state index contributed by atoms with van der Waals surface area (Å²) in [6.07, 6.45) is 3.13. The van der Waals surface area contributed by atoms with Crippen LogP contribution < -0.4 is 10.5 Å². The molecule has 3 rings (SSSR count). The van der Waals surface area contributed by atoms with Crippen molar-refractivity contribution >= 4 is 0 Å². The van der Waals surface area contributed by atoms with Gasteiger partial charge < -0.3 is 15.4 Å². The molecule has 0 radical (unpaired) electrons. The molecule has 1 atom stereocenters. The molecule has 0 aromatic heterocycles. The molecule has 0 bridgehead atoms.